The van der Waals surface area contributed by atoms with Crippen LogP contribution >= 0.6 is 0 Å². The largest absolute Gasteiger partial charge is 0.508 e. The fraction of sp³-hybridized carbons (Fsp3) is 0.385. The van der Waals surface area contributed by atoms with Gasteiger partial charge in [0.2, 0.25) is 5.60 Å². The first-order chi connectivity index (χ1) is 9.31. The molecule has 20 heavy (non-hydrogen) atoms. The third kappa shape index (κ3) is 3.46. The van der Waals surface area contributed by atoms with E-state index >= 15 is 0 Å². The third-order valence-electron chi connectivity index (χ3n) is 2.74. The quantitative estimate of drug-likeness (QED) is 0.527. The van der Waals surface area contributed by atoms with Crippen LogP contribution in [0.3, 0.4) is 0 Å². The molecule has 0 saturated heterocycles. The number of benzene rings is 1. The number of carboxylic acid groups (broad SMARTS) is 1. The Labute approximate surface area is 115 Å². The lowest BCUT2D eigenvalue weighted by atomic mass is 9.89. The normalized spacial score (nSPS) is 15.2. The van der Waals surface area contributed by atoms with Gasteiger partial charge >= 0.3 is 11.9 Å². The van der Waals surface area contributed by atoms with Crippen LogP contribution in [0.2, 0.25) is 0 Å². The van der Waals surface area contributed by atoms with E-state index < -0.39 is 30.1 Å². The summed E-state index contributed by atoms with van der Waals surface area (Å²) in [4.78, 5) is 22.6. The molecule has 0 heterocycles. The third-order valence-corrected chi connectivity index (χ3v) is 2.74. The Hall–Kier alpha value is -2.12. The summed E-state index contributed by atoms with van der Waals surface area (Å²) in [5.41, 5.74) is -2.38. The zero-order valence-electron chi connectivity index (χ0n) is 10.8. The molecule has 7 heteroatoms. The molecule has 1 aromatic rings. The van der Waals surface area contributed by atoms with Crippen LogP contribution in [0, 0.1) is 0 Å². The Morgan fingerprint density at radius 2 is 1.85 bits per heavy atom. The average Bonchev–Trinajstić information content (AvgIpc) is 2.40. The number of aromatic hydroxyl groups is 1. The van der Waals surface area contributed by atoms with Gasteiger partial charge in [-0.3, -0.25) is 0 Å². The fourth-order valence-electron chi connectivity index (χ4n) is 1.63. The number of aliphatic hydroxyl groups is 2. The number of carboxylic acids is 1. The summed E-state index contributed by atoms with van der Waals surface area (Å²) >= 11 is 0. The molecule has 0 saturated carbocycles. The molecule has 2 atom stereocenters. The van der Waals surface area contributed by atoms with E-state index in [1.165, 1.54) is 31.2 Å². The van der Waals surface area contributed by atoms with Gasteiger partial charge in [-0.1, -0.05) is 12.1 Å². The van der Waals surface area contributed by atoms with Crippen molar-refractivity contribution in [3.05, 3.63) is 29.8 Å². The standard InChI is InChI=1S/C13H16O7/c1-2-20-11(16)10(15)13(19,12(17)18)7-8-3-5-9(14)6-4-8/h3-6,10,14-15,19H,2,7H2,1H3,(H,17,18)/t10-,13-/m0/s1. The van der Waals surface area contributed by atoms with Crippen LogP contribution in [-0.4, -0.2) is 50.7 Å². The van der Waals surface area contributed by atoms with Crippen molar-refractivity contribution >= 4 is 11.9 Å². The van der Waals surface area contributed by atoms with Crippen molar-refractivity contribution in [2.75, 3.05) is 6.61 Å². The zero-order chi connectivity index (χ0) is 15.3. The first-order valence-corrected chi connectivity index (χ1v) is 5.89. The zero-order valence-corrected chi connectivity index (χ0v) is 10.8. The lowest BCUT2D eigenvalue weighted by molar-refractivity contribution is -0.186. The van der Waals surface area contributed by atoms with Gasteiger partial charge in [0.15, 0.2) is 6.10 Å². The molecule has 0 bridgehead atoms. The Morgan fingerprint density at radius 1 is 1.30 bits per heavy atom. The van der Waals surface area contributed by atoms with Gasteiger partial charge in [0.05, 0.1) is 6.61 Å². The summed E-state index contributed by atoms with van der Waals surface area (Å²) < 4.78 is 4.50. The fourth-order valence-corrected chi connectivity index (χ4v) is 1.63. The molecule has 1 rings (SSSR count). The highest BCUT2D eigenvalue weighted by atomic mass is 16.6. The summed E-state index contributed by atoms with van der Waals surface area (Å²) in [6.45, 7) is 1.44. The van der Waals surface area contributed by atoms with Gasteiger partial charge in [0.1, 0.15) is 5.75 Å². The molecule has 0 aliphatic heterocycles. The number of phenols is 1. The number of aliphatic hydroxyl groups excluding tert-OH is 1. The number of carbonyl (C=O) groups excluding carboxylic acids is 1. The Bertz CT molecular complexity index is 482. The summed E-state index contributed by atoms with van der Waals surface area (Å²) in [6, 6.07) is 5.35. The smallest absolute Gasteiger partial charge is 0.339 e. The molecular weight excluding hydrogens is 268 g/mol. The molecule has 0 spiro atoms. The van der Waals surface area contributed by atoms with Crippen molar-refractivity contribution in [2.24, 2.45) is 0 Å². The molecule has 0 aromatic heterocycles. The van der Waals surface area contributed by atoms with E-state index in [-0.39, 0.29) is 12.4 Å². The van der Waals surface area contributed by atoms with Gasteiger partial charge in [-0.2, -0.15) is 0 Å². The van der Waals surface area contributed by atoms with Crippen LogP contribution < -0.4 is 0 Å². The van der Waals surface area contributed by atoms with Crippen LogP contribution in [0.5, 0.6) is 5.75 Å². The number of esters is 1. The predicted molar refractivity (Wildman–Crippen MR) is 67.0 cm³/mol. The SMILES string of the molecule is CCOC(=O)[C@H](O)[C@@](O)(Cc1ccc(O)cc1)C(=O)O. The summed E-state index contributed by atoms with van der Waals surface area (Å²) in [7, 11) is 0. The molecule has 4 N–H and O–H groups in total. The molecule has 1 aromatic carbocycles. The molecular formula is C13H16O7. The molecule has 0 unspecified atom stereocenters. The molecule has 0 aliphatic rings. The maximum Gasteiger partial charge on any atom is 0.339 e. The van der Waals surface area contributed by atoms with Crippen molar-refractivity contribution in [3.63, 3.8) is 0 Å². The van der Waals surface area contributed by atoms with Crippen molar-refractivity contribution in [1.29, 1.82) is 0 Å². The van der Waals surface area contributed by atoms with Crippen LogP contribution in [0.4, 0.5) is 0 Å². The number of phenolic OH excluding ortho intramolecular Hbond substituents is 1. The van der Waals surface area contributed by atoms with Gasteiger partial charge in [0.25, 0.3) is 0 Å². The van der Waals surface area contributed by atoms with E-state index in [0.717, 1.165) is 0 Å². The number of ether oxygens (including phenoxy) is 1. The minimum absolute atomic E-state index is 0.0291. The minimum Gasteiger partial charge on any atom is -0.508 e. The Morgan fingerprint density at radius 3 is 2.30 bits per heavy atom. The highest BCUT2D eigenvalue weighted by Crippen LogP contribution is 2.21. The number of carbonyl (C=O) groups is 2. The topological polar surface area (TPSA) is 124 Å². The number of rotatable bonds is 6. The van der Waals surface area contributed by atoms with Gasteiger partial charge in [-0.05, 0) is 24.6 Å². The van der Waals surface area contributed by atoms with Crippen LogP contribution in [-0.2, 0) is 20.7 Å². The van der Waals surface area contributed by atoms with Gasteiger partial charge in [0, 0.05) is 6.42 Å². The number of hydrogen-bond acceptors (Lipinski definition) is 6. The van der Waals surface area contributed by atoms with E-state index in [1.807, 2.05) is 0 Å². The van der Waals surface area contributed by atoms with Gasteiger partial charge < -0.3 is 25.2 Å². The van der Waals surface area contributed by atoms with Gasteiger partial charge in [-0.15, -0.1) is 0 Å². The van der Waals surface area contributed by atoms with E-state index in [2.05, 4.69) is 4.74 Å². The van der Waals surface area contributed by atoms with Crippen LogP contribution in [0.25, 0.3) is 0 Å². The summed E-state index contributed by atoms with van der Waals surface area (Å²) in [5.74, 6) is -2.99. The highest BCUT2D eigenvalue weighted by molar-refractivity contribution is 5.88. The van der Waals surface area contributed by atoms with Crippen molar-refractivity contribution < 1.29 is 34.8 Å². The van der Waals surface area contributed by atoms with Crippen LogP contribution in [0.15, 0.2) is 24.3 Å². The van der Waals surface area contributed by atoms with Crippen molar-refractivity contribution in [1.82, 2.24) is 0 Å². The number of hydrogen-bond donors (Lipinski definition) is 4. The van der Waals surface area contributed by atoms with E-state index in [1.54, 1.807) is 0 Å². The maximum atomic E-state index is 11.4. The monoisotopic (exact) mass is 284 g/mol. The molecule has 0 amide bonds. The Balaban J connectivity index is 2.99. The first-order valence-electron chi connectivity index (χ1n) is 5.89. The van der Waals surface area contributed by atoms with Crippen molar-refractivity contribution in [3.8, 4) is 5.75 Å². The average molecular weight is 284 g/mol. The van der Waals surface area contributed by atoms with Crippen molar-refractivity contribution in [2.45, 2.75) is 25.0 Å². The predicted octanol–water partition coefficient (Wildman–Crippen LogP) is -0.326. The molecule has 0 radical (unpaired) electrons. The molecule has 7 nitrogen and oxygen atoms in total. The van der Waals surface area contributed by atoms with E-state index in [9.17, 15) is 19.8 Å². The second kappa shape index (κ2) is 6.36. The van der Waals surface area contributed by atoms with E-state index in [4.69, 9.17) is 10.2 Å². The second-order valence-corrected chi connectivity index (χ2v) is 4.23. The minimum atomic E-state index is -2.71. The van der Waals surface area contributed by atoms with Gasteiger partial charge in [-0.25, -0.2) is 9.59 Å². The molecule has 110 valence electrons. The summed E-state index contributed by atoms with van der Waals surface area (Å²) in [5, 5.41) is 38.0. The molecule has 0 fully saturated rings. The summed E-state index contributed by atoms with van der Waals surface area (Å²) in [6.07, 6.45) is -2.73. The number of aliphatic carboxylic acids is 1. The van der Waals surface area contributed by atoms with E-state index in [0.29, 0.717) is 5.56 Å². The lowest BCUT2D eigenvalue weighted by Crippen LogP contribution is -2.55. The second-order valence-electron chi connectivity index (χ2n) is 4.23. The first kappa shape index (κ1) is 15.9. The molecule has 0 aliphatic carbocycles. The maximum absolute atomic E-state index is 11.4. The van der Waals surface area contributed by atoms with Crippen LogP contribution in [0.1, 0.15) is 12.5 Å². The highest BCUT2D eigenvalue weighted by Gasteiger charge is 2.48. The Kier molecular flexibility index (Phi) is 5.06. The lowest BCUT2D eigenvalue weighted by Gasteiger charge is -2.27.